The summed E-state index contributed by atoms with van der Waals surface area (Å²) in [5, 5.41) is 2.94. The molecule has 0 radical (unpaired) electrons. The lowest BCUT2D eigenvalue weighted by molar-refractivity contribution is -0.139. The Morgan fingerprint density at radius 3 is 2.38 bits per heavy atom. The van der Waals surface area contributed by atoms with Gasteiger partial charge in [0, 0.05) is 51.9 Å². The van der Waals surface area contributed by atoms with E-state index in [-0.39, 0.29) is 18.5 Å². The molecular weight excluding hydrogens is 408 g/mol. The van der Waals surface area contributed by atoms with Gasteiger partial charge in [0.15, 0.2) is 0 Å². The highest BCUT2D eigenvalue weighted by atomic mass is 16.5. The van der Waals surface area contributed by atoms with Gasteiger partial charge >= 0.3 is 12.0 Å². The van der Waals surface area contributed by atoms with Gasteiger partial charge in [-0.15, -0.1) is 0 Å². The summed E-state index contributed by atoms with van der Waals surface area (Å²) in [7, 11) is 1.67. The fourth-order valence-corrected chi connectivity index (χ4v) is 4.14. The van der Waals surface area contributed by atoms with E-state index in [4.69, 9.17) is 4.74 Å². The highest BCUT2D eigenvalue weighted by Gasteiger charge is 2.37. The maximum absolute atomic E-state index is 13.0. The fraction of sp³-hybridized carbons (Fsp3) is 0.542. The molecule has 8 heteroatoms. The summed E-state index contributed by atoms with van der Waals surface area (Å²) in [6.07, 6.45) is 0.555. The average molecular weight is 443 g/mol. The molecule has 1 unspecified atom stereocenters. The number of carbonyl (C=O) groups is 3. The van der Waals surface area contributed by atoms with Gasteiger partial charge in [-0.05, 0) is 18.4 Å². The number of piperazine rings is 1. The van der Waals surface area contributed by atoms with Crippen molar-refractivity contribution >= 4 is 17.9 Å². The van der Waals surface area contributed by atoms with Crippen LogP contribution < -0.4 is 5.32 Å². The molecule has 174 valence electrons. The lowest BCUT2D eigenvalue weighted by Crippen LogP contribution is -2.53. The van der Waals surface area contributed by atoms with E-state index >= 15 is 0 Å². The maximum atomic E-state index is 13.0. The van der Waals surface area contributed by atoms with Gasteiger partial charge in [-0.25, -0.2) is 9.59 Å². The van der Waals surface area contributed by atoms with E-state index in [1.54, 1.807) is 14.0 Å². The molecular formula is C24H34N4O4. The summed E-state index contributed by atoms with van der Waals surface area (Å²) < 4.78 is 5.38. The average Bonchev–Trinajstić information content (AvgIpc) is 2.77. The van der Waals surface area contributed by atoms with E-state index in [0.717, 1.165) is 5.56 Å². The SMILES string of the molecule is CCOC(=O)C1=C(CN2CCN(C(=O)CC(C)C)CC2)N(C)C(=O)NC1c1ccccc1. The van der Waals surface area contributed by atoms with Crippen LogP contribution in [-0.4, -0.2) is 79.0 Å². The minimum Gasteiger partial charge on any atom is -0.463 e. The van der Waals surface area contributed by atoms with Crippen molar-refractivity contribution in [3.05, 3.63) is 47.2 Å². The number of likely N-dealkylation sites (N-methyl/N-ethyl adjacent to an activating group) is 1. The predicted octanol–water partition coefficient (Wildman–Crippen LogP) is 2.39. The van der Waals surface area contributed by atoms with E-state index in [1.807, 2.05) is 49.1 Å². The van der Waals surface area contributed by atoms with E-state index in [0.29, 0.717) is 56.3 Å². The molecule has 1 aromatic carbocycles. The van der Waals surface area contributed by atoms with Crippen LogP contribution in [0, 0.1) is 5.92 Å². The predicted molar refractivity (Wildman–Crippen MR) is 122 cm³/mol. The Morgan fingerprint density at radius 1 is 1.12 bits per heavy atom. The fourth-order valence-electron chi connectivity index (χ4n) is 4.14. The van der Waals surface area contributed by atoms with Gasteiger partial charge < -0.3 is 15.0 Å². The van der Waals surface area contributed by atoms with Crippen molar-refractivity contribution in [2.45, 2.75) is 33.2 Å². The first-order chi connectivity index (χ1) is 15.3. The molecule has 2 heterocycles. The highest BCUT2D eigenvalue weighted by Crippen LogP contribution is 2.31. The Labute approximate surface area is 190 Å². The number of ether oxygens (including phenoxy) is 1. The van der Waals surface area contributed by atoms with Crippen LogP contribution in [0.2, 0.25) is 0 Å². The number of nitrogens with zero attached hydrogens (tertiary/aromatic N) is 3. The number of hydrogen-bond acceptors (Lipinski definition) is 5. The van der Waals surface area contributed by atoms with Crippen molar-refractivity contribution in [2.75, 3.05) is 46.4 Å². The number of hydrogen-bond donors (Lipinski definition) is 1. The van der Waals surface area contributed by atoms with Gasteiger partial charge in [0.05, 0.1) is 18.2 Å². The summed E-state index contributed by atoms with van der Waals surface area (Å²) in [5.74, 6) is 0.0977. The van der Waals surface area contributed by atoms with Crippen molar-refractivity contribution in [3.8, 4) is 0 Å². The van der Waals surface area contributed by atoms with Gasteiger partial charge in [0.25, 0.3) is 0 Å². The summed E-state index contributed by atoms with van der Waals surface area (Å²) in [6.45, 7) is 9.23. The van der Waals surface area contributed by atoms with Gasteiger partial charge in [-0.2, -0.15) is 0 Å². The van der Waals surface area contributed by atoms with E-state index in [2.05, 4.69) is 10.2 Å². The molecule has 8 nitrogen and oxygen atoms in total. The number of amides is 3. The molecule has 1 fully saturated rings. The van der Waals surface area contributed by atoms with Crippen LogP contribution in [0.1, 0.15) is 38.8 Å². The van der Waals surface area contributed by atoms with Gasteiger partial charge in [0.1, 0.15) is 0 Å². The molecule has 0 bridgehead atoms. The Balaban J connectivity index is 1.84. The number of urea groups is 1. The number of carbonyl (C=O) groups excluding carboxylic acids is 3. The largest absolute Gasteiger partial charge is 0.463 e. The lowest BCUT2D eigenvalue weighted by Gasteiger charge is -2.39. The Hall–Kier alpha value is -2.87. The number of nitrogens with one attached hydrogen (secondary N) is 1. The highest BCUT2D eigenvalue weighted by molar-refractivity contribution is 5.95. The first-order valence-corrected chi connectivity index (χ1v) is 11.3. The number of rotatable bonds is 7. The summed E-state index contributed by atoms with van der Waals surface area (Å²) in [4.78, 5) is 43.7. The van der Waals surface area contributed by atoms with Crippen molar-refractivity contribution in [3.63, 3.8) is 0 Å². The summed E-state index contributed by atoms with van der Waals surface area (Å²) in [5.41, 5.74) is 1.93. The third kappa shape index (κ3) is 5.48. The van der Waals surface area contributed by atoms with Crippen LogP contribution in [0.25, 0.3) is 0 Å². The molecule has 2 aliphatic heterocycles. The van der Waals surface area contributed by atoms with Crippen LogP contribution in [0.4, 0.5) is 4.79 Å². The van der Waals surface area contributed by atoms with Gasteiger partial charge in [-0.3, -0.25) is 14.6 Å². The second-order valence-corrected chi connectivity index (χ2v) is 8.69. The molecule has 1 N–H and O–H groups in total. The van der Waals surface area contributed by atoms with Crippen molar-refractivity contribution in [2.24, 2.45) is 5.92 Å². The van der Waals surface area contributed by atoms with E-state index < -0.39 is 12.0 Å². The molecule has 0 spiro atoms. The third-order valence-corrected chi connectivity index (χ3v) is 5.89. The number of benzene rings is 1. The summed E-state index contributed by atoms with van der Waals surface area (Å²) >= 11 is 0. The minimum atomic E-state index is -0.567. The molecule has 1 atom stereocenters. The molecule has 1 saturated heterocycles. The van der Waals surface area contributed by atoms with Crippen LogP contribution >= 0.6 is 0 Å². The minimum absolute atomic E-state index is 0.185. The molecule has 3 amide bonds. The maximum Gasteiger partial charge on any atom is 0.338 e. The second-order valence-electron chi connectivity index (χ2n) is 8.69. The second kappa shape index (κ2) is 10.6. The quantitative estimate of drug-likeness (QED) is 0.656. The zero-order valence-corrected chi connectivity index (χ0v) is 19.5. The molecule has 2 aliphatic rings. The third-order valence-electron chi connectivity index (χ3n) is 5.89. The van der Waals surface area contributed by atoms with Crippen molar-refractivity contribution < 1.29 is 19.1 Å². The Kier molecular flexibility index (Phi) is 7.90. The molecule has 0 saturated carbocycles. The summed E-state index contributed by atoms with van der Waals surface area (Å²) in [6, 6.07) is 8.63. The van der Waals surface area contributed by atoms with Crippen LogP contribution in [0.15, 0.2) is 41.6 Å². The molecule has 3 rings (SSSR count). The first-order valence-electron chi connectivity index (χ1n) is 11.3. The lowest BCUT2D eigenvalue weighted by atomic mass is 9.94. The molecule has 0 aliphatic carbocycles. The van der Waals surface area contributed by atoms with Crippen LogP contribution in [0.5, 0.6) is 0 Å². The Bertz CT molecular complexity index is 860. The van der Waals surface area contributed by atoms with E-state index in [1.165, 1.54) is 4.90 Å². The first kappa shape index (κ1) is 23.8. The van der Waals surface area contributed by atoms with Crippen molar-refractivity contribution in [1.29, 1.82) is 0 Å². The topological polar surface area (TPSA) is 82.2 Å². The van der Waals surface area contributed by atoms with Crippen LogP contribution in [0.3, 0.4) is 0 Å². The smallest absolute Gasteiger partial charge is 0.338 e. The zero-order chi connectivity index (χ0) is 23.3. The molecule has 0 aromatic heterocycles. The van der Waals surface area contributed by atoms with Crippen molar-refractivity contribution in [1.82, 2.24) is 20.0 Å². The molecule has 32 heavy (non-hydrogen) atoms. The normalized spacial score (nSPS) is 19.9. The van der Waals surface area contributed by atoms with Gasteiger partial charge in [-0.1, -0.05) is 44.2 Å². The van der Waals surface area contributed by atoms with Crippen LogP contribution in [-0.2, 0) is 14.3 Å². The van der Waals surface area contributed by atoms with E-state index in [9.17, 15) is 14.4 Å². The van der Waals surface area contributed by atoms with Gasteiger partial charge in [0.2, 0.25) is 5.91 Å². The standard InChI is InChI=1S/C24H34N4O4/c1-5-32-23(30)21-19(16-27-11-13-28(14-12-27)20(29)15-17(2)3)26(4)24(31)25-22(21)18-9-7-6-8-10-18/h6-10,17,22H,5,11-16H2,1-4H3,(H,25,31). The monoisotopic (exact) mass is 442 g/mol. The zero-order valence-electron chi connectivity index (χ0n) is 19.5. The molecule has 1 aromatic rings. The number of esters is 1. The Morgan fingerprint density at radius 2 is 1.78 bits per heavy atom.